The molecule has 3 aliphatic rings. The highest BCUT2D eigenvalue weighted by atomic mass is 16.7. The van der Waals surface area contributed by atoms with Gasteiger partial charge in [0.05, 0.1) is 19.1 Å². The minimum atomic E-state index is -1.79. The minimum absolute atomic E-state index is 0.00103. The van der Waals surface area contributed by atoms with Gasteiger partial charge in [0.25, 0.3) is 0 Å². The summed E-state index contributed by atoms with van der Waals surface area (Å²) in [5.41, 5.74) is 2.85. The van der Waals surface area contributed by atoms with Gasteiger partial charge < -0.3 is 79.9 Å². The Balaban J connectivity index is 1.36. The van der Waals surface area contributed by atoms with Crippen molar-refractivity contribution in [1.82, 2.24) is 0 Å². The molecule has 0 unspecified atom stereocenters. The molecule has 11 N–H and O–H groups in total. The summed E-state index contributed by atoms with van der Waals surface area (Å²) in [5, 5.41) is 114. The summed E-state index contributed by atoms with van der Waals surface area (Å²) in [4.78, 5) is 0. The number of benzene rings is 4. The van der Waals surface area contributed by atoms with E-state index in [1.54, 1.807) is 48.6 Å². The van der Waals surface area contributed by atoms with Crippen LogP contribution in [0.5, 0.6) is 34.5 Å². The largest absolute Gasteiger partial charge is 0.508 e. The zero-order chi connectivity index (χ0) is 39.8. The number of rotatable bonds is 10. The molecule has 4 aromatic rings. The van der Waals surface area contributed by atoms with Crippen molar-refractivity contribution in [3.63, 3.8) is 0 Å². The molecular formula is C40H42O16. The third-order valence-electron chi connectivity index (χ3n) is 10.1. The maximum Gasteiger partial charge on any atom is 0.229 e. The molecule has 16 heteroatoms. The van der Waals surface area contributed by atoms with Gasteiger partial charge >= 0.3 is 0 Å². The molecule has 7 rings (SSSR count). The fourth-order valence-corrected chi connectivity index (χ4v) is 7.10. The molecule has 4 aromatic carbocycles. The van der Waals surface area contributed by atoms with Crippen molar-refractivity contribution in [2.75, 3.05) is 13.2 Å². The van der Waals surface area contributed by atoms with E-state index < -0.39 is 86.6 Å². The second kappa shape index (κ2) is 16.2. The molecule has 0 aliphatic carbocycles. The first-order chi connectivity index (χ1) is 26.8. The van der Waals surface area contributed by atoms with Crippen molar-refractivity contribution >= 4 is 12.2 Å². The summed E-state index contributed by atoms with van der Waals surface area (Å²) in [6.45, 7) is -1.43. The van der Waals surface area contributed by atoms with Crippen LogP contribution >= 0.6 is 0 Å². The van der Waals surface area contributed by atoms with E-state index in [1.165, 1.54) is 42.5 Å². The quantitative estimate of drug-likeness (QED) is 0.0985. The molecule has 16 nitrogen and oxygen atoms in total. The Morgan fingerprint density at radius 1 is 0.536 bits per heavy atom. The number of hydrogen-bond donors (Lipinski definition) is 11. The predicted octanol–water partition coefficient (Wildman–Crippen LogP) is 0.597. The van der Waals surface area contributed by atoms with Crippen LogP contribution in [0.25, 0.3) is 12.2 Å². The Morgan fingerprint density at radius 2 is 1.05 bits per heavy atom. The summed E-state index contributed by atoms with van der Waals surface area (Å²) in [5.74, 6) is -0.585. The van der Waals surface area contributed by atoms with Crippen molar-refractivity contribution < 1.29 is 79.9 Å². The van der Waals surface area contributed by atoms with Crippen LogP contribution in [0.4, 0.5) is 0 Å². The Labute approximate surface area is 319 Å². The predicted molar refractivity (Wildman–Crippen MR) is 194 cm³/mol. The monoisotopic (exact) mass is 778 g/mol. The average Bonchev–Trinajstić information content (AvgIpc) is 3.57. The first kappa shape index (κ1) is 39.3. The second-order valence-corrected chi connectivity index (χ2v) is 13.8. The van der Waals surface area contributed by atoms with Gasteiger partial charge in [-0.05, 0) is 64.7 Å². The van der Waals surface area contributed by atoms with Gasteiger partial charge in [-0.15, -0.1) is 0 Å². The van der Waals surface area contributed by atoms with E-state index in [4.69, 9.17) is 23.7 Å². The number of phenolic OH excluding ortho intramolecular Hbond substituents is 3. The summed E-state index contributed by atoms with van der Waals surface area (Å²) >= 11 is 0. The molecule has 3 aliphatic heterocycles. The van der Waals surface area contributed by atoms with E-state index in [9.17, 15) is 56.2 Å². The van der Waals surface area contributed by atoms with E-state index in [0.717, 1.165) is 5.56 Å². The molecule has 298 valence electrons. The van der Waals surface area contributed by atoms with Crippen LogP contribution in [0.2, 0.25) is 0 Å². The molecule has 12 atom stereocenters. The maximum absolute atomic E-state index is 10.8. The topological polar surface area (TPSA) is 269 Å². The second-order valence-electron chi connectivity index (χ2n) is 13.8. The number of aromatic hydroxyl groups is 3. The number of aliphatic hydroxyl groups is 8. The number of fused-ring (bicyclic) bond motifs is 1. The molecule has 56 heavy (non-hydrogen) atoms. The Kier molecular flexibility index (Phi) is 11.4. The van der Waals surface area contributed by atoms with Crippen molar-refractivity contribution in [3.05, 3.63) is 107 Å². The molecular weight excluding hydrogens is 736 g/mol. The molecule has 2 fully saturated rings. The first-order valence-corrected chi connectivity index (χ1v) is 17.7. The zero-order valence-corrected chi connectivity index (χ0v) is 29.5. The van der Waals surface area contributed by atoms with Crippen molar-refractivity contribution in [2.45, 2.75) is 73.4 Å². The first-order valence-electron chi connectivity index (χ1n) is 17.7. The lowest BCUT2D eigenvalue weighted by atomic mass is 9.82. The number of ether oxygens (including phenoxy) is 5. The van der Waals surface area contributed by atoms with Gasteiger partial charge in [0, 0.05) is 17.7 Å². The highest BCUT2D eigenvalue weighted by molar-refractivity contribution is 5.75. The van der Waals surface area contributed by atoms with Gasteiger partial charge in [0.15, 0.2) is 0 Å². The van der Waals surface area contributed by atoms with Gasteiger partial charge in [-0.3, -0.25) is 0 Å². The Bertz CT molecular complexity index is 1940. The summed E-state index contributed by atoms with van der Waals surface area (Å²) in [6, 6.07) is 20.1. The molecule has 0 bridgehead atoms. The van der Waals surface area contributed by atoms with Gasteiger partial charge in [0.2, 0.25) is 12.6 Å². The van der Waals surface area contributed by atoms with E-state index in [1.807, 2.05) is 0 Å². The number of aliphatic hydroxyl groups excluding tert-OH is 8. The summed E-state index contributed by atoms with van der Waals surface area (Å²) < 4.78 is 29.8. The van der Waals surface area contributed by atoms with Crippen LogP contribution < -0.4 is 14.2 Å². The van der Waals surface area contributed by atoms with E-state index >= 15 is 0 Å². The molecule has 0 amide bonds. The van der Waals surface area contributed by atoms with Crippen LogP contribution in [0.1, 0.15) is 39.8 Å². The van der Waals surface area contributed by atoms with E-state index in [2.05, 4.69) is 0 Å². The zero-order valence-electron chi connectivity index (χ0n) is 29.5. The lowest BCUT2D eigenvalue weighted by molar-refractivity contribution is -0.278. The molecule has 0 radical (unpaired) electrons. The highest BCUT2D eigenvalue weighted by Gasteiger charge is 2.47. The standard InChI is InChI=1S/C40H42O16/c41-16-28-32(46)34(48)36(50)39(55-28)52-25-12-21(13-26(15-25)53-40-37(51)35(49)33(47)29(17-42)56-40)31-30-20(4-1-18-2-7-22(43)8-3-18)11-24(45)14-27(30)54-38(31)19-5-9-23(44)10-6-19/h1-15,28-29,31-51H,16-17H2/b4-1-/t28-,29-,31-,32-,33-,34+,35+,36-,37-,38+,39-,40-/m1/s1. The minimum Gasteiger partial charge on any atom is -0.508 e. The van der Waals surface area contributed by atoms with Crippen LogP contribution in [-0.4, -0.2) is 131 Å². The Morgan fingerprint density at radius 3 is 1.57 bits per heavy atom. The average molecular weight is 779 g/mol. The number of phenols is 3. The fraction of sp³-hybridized carbons (Fsp3) is 0.350. The van der Waals surface area contributed by atoms with Crippen LogP contribution in [0.15, 0.2) is 78.9 Å². The van der Waals surface area contributed by atoms with Crippen molar-refractivity contribution in [1.29, 1.82) is 0 Å². The molecule has 0 spiro atoms. The lowest BCUT2D eigenvalue weighted by Gasteiger charge is -2.40. The molecule has 2 saturated heterocycles. The van der Waals surface area contributed by atoms with Gasteiger partial charge in [-0.2, -0.15) is 0 Å². The number of hydrogen-bond acceptors (Lipinski definition) is 16. The SMILES string of the molecule is OC[C@H]1O[C@@H](Oc2cc(O[C@@H]3O[C@H](CO)[C@@H](O)[C@H](O)[C@H]3O)cc([C@@H]3c4c(/C=C\c5ccc(O)cc5)cc(O)cc4O[C@H]3c3ccc(O)cc3)c2)[C@H](O)[C@@H](O)[C@@H]1O. The molecule has 0 saturated carbocycles. The smallest absolute Gasteiger partial charge is 0.229 e. The van der Waals surface area contributed by atoms with Gasteiger partial charge in [0.1, 0.15) is 89.4 Å². The Hall–Kier alpha value is -4.98. The highest BCUT2D eigenvalue weighted by Crippen LogP contribution is 2.53. The van der Waals surface area contributed by atoms with Crippen LogP contribution in [0.3, 0.4) is 0 Å². The van der Waals surface area contributed by atoms with Crippen LogP contribution in [-0.2, 0) is 9.47 Å². The van der Waals surface area contributed by atoms with Gasteiger partial charge in [-0.1, -0.05) is 36.4 Å². The maximum atomic E-state index is 10.8. The van der Waals surface area contributed by atoms with Crippen molar-refractivity contribution in [2.24, 2.45) is 0 Å². The van der Waals surface area contributed by atoms with Crippen LogP contribution in [0, 0.1) is 0 Å². The van der Waals surface area contributed by atoms with E-state index in [-0.39, 0.29) is 28.7 Å². The van der Waals surface area contributed by atoms with E-state index in [0.29, 0.717) is 28.0 Å². The third kappa shape index (κ3) is 7.85. The fourth-order valence-electron chi connectivity index (χ4n) is 7.10. The normalized spacial score (nSPS) is 31.5. The lowest BCUT2D eigenvalue weighted by Crippen LogP contribution is -2.60. The summed E-state index contributed by atoms with van der Waals surface area (Å²) in [7, 11) is 0. The third-order valence-corrected chi connectivity index (χ3v) is 10.1. The van der Waals surface area contributed by atoms with Crippen molar-refractivity contribution in [3.8, 4) is 34.5 Å². The molecule has 3 heterocycles. The van der Waals surface area contributed by atoms with Gasteiger partial charge in [-0.25, -0.2) is 0 Å². The molecule has 0 aromatic heterocycles. The summed E-state index contributed by atoms with van der Waals surface area (Å²) in [6.07, 6.45) is -13.6.